The van der Waals surface area contributed by atoms with E-state index in [1.807, 2.05) is 0 Å². The number of rotatable bonds is 3. The maximum Gasteiger partial charge on any atom is 0.0863 e. The molecule has 0 aromatic heterocycles. The fraction of sp³-hybridized carbons (Fsp3) is 0.684. The highest BCUT2D eigenvalue weighted by Crippen LogP contribution is 2.47. The van der Waals surface area contributed by atoms with Crippen molar-refractivity contribution in [2.75, 3.05) is 46.0 Å². The van der Waals surface area contributed by atoms with Crippen LogP contribution in [0.25, 0.3) is 0 Å². The zero-order chi connectivity index (χ0) is 15.9. The van der Waals surface area contributed by atoms with E-state index in [2.05, 4.69) is 41.8 Å². The summed E-state index contributed by atoms with van der Waals surface area (Å²) in [7, 11) is 0. The third-order valence-corrected chi connectivity index (χ3v) is 5.84. The Morgan fingerprint density at radius 3 is 2.83 bits per heavy atom. The first-order valence-electron chi connectivity index (χ1n) is 8.94. The molecule has 0 aliphatic carbocycles. The molecular weight excluding hydrogens is 288 g/mol. The maximum absolute atomic E-state index is 6.38. The summed E-state index contributed by atoms with van der Waals surface area (Å²) in [5, 5.41) is 0. The molecule has 3 heterocycles. The fourth-order valence-electron chi connectivity index (χ4n) is 4.55. The van der Waals surface area contributed by atoms with Crippen LogP contribution in [-0.2, 0) is 16.0 Å². The van der Waals surface area contributed by atoms with Crippen LogP contribution in [0.3, 0.4) is 0 Å². The fourth-order valence-corrected chi connectivity index (χ4v) is 4.55. The van der Waals surface area contributed by atoms with Gasteiger partial charge in [-0.05, 0) is 37.0 Å². The van der Waals surface area contributed by atoms with Crippen molar-refractivity contribution in [2.45, 2.75) is 38.5 Å². The molecule has 2 unspecified atom stereocenters. The van der Waals surface area contributed by atoms with Crippen molar-refractivity contribution in [3.63, 3.8) is 0 Å². The van der Waals surface area contributed by atoms with Gasteiger partial charge in [0.05, 0.1) is 31.5 Å². The summed E-state index contributed by atoms with van der Waals surface area (Å²) in [5.74, 6) is 0. The molecule has 2 saturated heterocycles. The summed E-state index contributed by atoms with van der Waals surface area (Å²) < 4.78 is 11.8. The summed E-state index contributed by atoms with van der Waals surface area (Å²) in [4.78, 5) is 5.14. The second-order valence-electron chi connectivity index (χ2n) is 7.39. The maximum atomic E-state index is 6.38. The largest absolute Gasteiger partial charge is 0.379 e. The van der Waals surface area contributed by atoms with Gasteiger partial charge in [0.15, 0.2) is 0 Å². The first-order valence-corrected chi connectivity index (χ1v) is 8.94. The molecule has 4 nitrogen and oxygen atoms in total. The lowest BCUT2D eigenvalue weighted by Gasteiger charge is -2.46. The summed E-state index contributed by atoms with van der Waals surface area (Å²) in [6, 6.07) is 7.15. The van der Waals surface area contributed by atoms with Gasteiger partial charge in [0, 0.05) is 32.7 Å². The molecule has 0 saturated carbocycles. The molecule has 126 valence electrons. The topological polar surface area (TPSA) is 24.9 Å². The van der Waals surface area contributed by atoms with Crippen molar-refractivity contribution < 1.29 is 9.47 Å². The van der Waals surface area contributed by atoms with E-state index in [0.29, 0.717) is 6.04 Å². The number of morpholine rings is 2. The number of benzene rings is 1. The highest BCUT2D eigenvalue weighted by atomic mass is 16.5. The first-order chi connectivity index (χ1) is 11.2. The molecule has 0 amide bonds. The van der Waals surface area contributed by atoms with Crippen LogP contribution in [0, 0.1) is 6.92 Å². The van der Waals surface area contributed by atoms with Crippen molar-refractivity contribution in [2.24, 2.45) is 0 Å². The standard InChI is InChI=1S/C19H28N2O2/c1-15-4-3-5-16-14-21-10-13-23-19(2,18(21)17(15)16)6-7-20-8-11-22-12-9-20/h3-5,18H,6-14H2,1-2H3. The van der Waals surface area contributed by atoms with Crippen molar-refractivity contribution in [1.29, 1.82) is 0 Å². The zero-order valence-electron chi connectivity index (χ0n) is 14.4. The Balaban J connectivity index is 1.56. The van der Waals surface area contributed by atoms with Crippen molar-refractivity contribution in [3.8, 4) is 0 Å². The molecule has 2 fully saturated rings. The smallest absolute Gasteiger partial charge is 0.0863 e. The van der Waals surface area contributed by atoms with E-state index < -0.39 is 0 Å². The van der Waals surface area contributed by atoms with E-state index in [-0.39, 0.29) is 5.60 Å². The molecule has 2 atom stereocenters. The Hall–Kier alpha value is -0.940. The minimum absolute atomic E-state index is 0.0894. The molecular formula is C19H28N2O2. The molecule has 4 rings (SSSR count). The van der Waals surface area contributed by atoms with Gasteiger partial charge in [0.25, 0.3) is 0 Å². The average Bonchev–Trinajstić information content (AvgIpc) is 2.96. The summed E-state index contributed by atoms with van der Waals surface area (Å²) in [6.07, 6.45) is 1.09. The quantitative estimate of drug-likeness (QED) is 0.855. The number of nitrogens with zero attached hydrogens (tertiary/aromatic N) is 2. The Labute approximate surface area is 139 Å². The van der Waals surface area contributed by atoms with E-state index in [4.69, 9.17) is 9.47 Å². The van der Waals surface area contributed by atoms with Gasteiger partial charge in [0.2, 0.25) is 0 Å². The van der Waals surface area contributed by atoms with Gasteiger partial charge in [0.1, 0.15) is 0 Å². The minimum atomic E-state index is -0.0894. The summed E-state index contributed by atoms with van der Waals surface area (Å²) in [5.41, 5.74) is 4.35. The minimum Gasteiger partial charge on any atom is -0.379 e. The summed E-state index contributed by atoms with van der Waals surface area (Å²) in [6.45, 7) is 12.5. The third kappa shape index (κ3) is 2.82. The van der Waals surface area contributed by atoms with E-state index in [1.165, 1.54) is 16.7 Å². The van der Waals surface area contributed by atoms with Crippen molar-refractivity contribution in [1.82, 2.24) is 9.80 Å². The van der Waals surface area contributed by atoms with Crippen LogP contribution in [0.2, 0.25) is 0 Å². The van der Waals surface area contributed by atoms with E-state index in [1.54, 1.807) is 0 Å². The first kappa shape index (κ1) is 15.6. The van der Waals surface area contributed by atoms with Gasteiger partial charge in [-0.3, -0.25) is 9.80 Å². The molecule has 23 heavy (non-hydrogen) atoms. The van der Waals surface area contributed by atoms with Crippen molar-refractivity contribution >= 4 is 0 Å². The van der Waals surface area contributed by atoms with Crippen LogP contribution in [0.5, 0.6) is 0 Å². The van der Waals surface area contributed by atoms with Crippen LogP contribution < -0.4 is 0 Å². The molecule has 1 aromatic rings. The Bertz CT molecular complexity index is 570. The van der Waals surface area contributed by atoms with E-state index in [9.17, 15) is 0 Å². The van der Waals surface area contributed by atoms with Crippen LogP contribution in [0.4, 0.5) is 0 Å². The monoisotopic (exact) mass is 316 g/mol. The van der Waals surface area contributed by atoms with Crippen LogP contribution in [-0.4, -0.2) is 61.4 Å². The number of hydrogen-bond donors (Lipinski definition) is 0. The molecule has 1 aromatic carbocycles. The van der Waals surface area contributed by atoms with E-state index >= 15 is 0 Å². The Morgan fingerprint density at radius 1 is 1.17 bits per heavy atom. The van der Waals surface area contributed by atoms with Crippen LogP contribution in [0.15, 0.2) is 18.2 Å². The number of hydrogen-bond acceptors (Lipinski definition) is 4. The lowest BCUT2D eigenvalue weighted by atomic mass is 9.84. The Morgan fingerprint density at radius 2 is 2.00 bits per heavy atom. The SMILES string of the molecule is Cc1cccc2c1C1N(CCOC1(C)CCN1CCOCC1)C2. The van der Waals surface area contributed by atoms with Gasteiger partial charge < -0.3 is 9.47 Å². The lowest BCUT2D eigenvalue weighted by Crippen LogP contribution is -2.51. The Kier molecular flexibility index (Phi) is 4.18. The molecule has 0 N–H and O–H groups in total. The number of aryl methyl sites for hydroxylation is 1. The molecule has 3 aliphatic rings. The molecule has 0 spiro atoms. The summed E-state index contributed by atoms with van der Waals surface area (Å²) >= 11 is 0. The van der Waals surface area contributed by atoms with Crippen molar-refractivity contribution in [3.05, 3.63) is 34.9 Å². The number of ether oxygens (including phenoxy) is 2. The predicted molar refractivity (Wildman–Crippen MR) is 90.6 cm³/mol. The third-order valence-electron chi connectivity index (χ3n) is 5.84. The lowest BCUT2D eigenvalue weighted by molar-refractivity contribution is -0.143. The highest BCUT2D eigenvalue weighted by Gasteiger charge is 2.47. The van der Waals surface area contributed by atoms with Gasteiger partial charge in [-0.2, -0.15) is 0 Å². The zero-order valence-corrected chi connectivity index (χ0v) is 14.4. The van der Waals surface area contributed by atoms with Gasteiger partial charge in [-0.25, -0.2) is 0 Å². The number of fused-ring (bicyclic) bond motifs is 3. The van der Waals surface area contributed by atoms with Gasteiger partial charge in [-0.1, -0.05) is 18.2 Å². The van der Waals surface area contributed by atoms with Gasteiger partial charge in [-0.15, -0.1) is 0 Å². The van der Waals surface area contributed by atoms with Gasteiger partial charge >= 0.3 is 0 Å². The van der Waals surface area contributed by atoms with E-state index in [0.717, 1.165) is 59.0 Å². The second-order valence-corrected chi connectivity index (χ2v) is 7.39. The molecule has 0 radical (unpaired) electrons. The van der Waals surface area contributed by atoms with Crippen LogP contribution >= 0.6 is 0 Å². The molecule has 3 aliphatic heterocycles. The average molecular weight is 316 g/mol. The predicted octanol–water partition coefficient (Wildman–Crippen LogP) is 2.36. The normalized spacial score (nSPS) is 31.8. The molecule has 0 bridgehead atoms. The van der Waals surface area contributed by atoms with Crippen LogP contribution in [0.1, 0.15) is 36.1 Å². The highest BCUT2D eigenvalue weighted by molar-refractivity contribution is 5.42. The second kappa shape index (κ2) is 6.17. The molecule has 4 heteroatoms.